The topological polar surface area (TPSA) is 43.8 Å². The summed E-state index contributed by atoms with van der Waals surface area (Å²) in [4.78, 5) is 17.2. The van der Waals surface area contributed by atoms with Crippen LogP contribution in [0.3, 0.4) is 0 Å². The van der Waals surface area contributed by atoms with Crippen molar-refractivity contribution in [1.29, 1.82) is 0 Å². The third-order valence-electron chi connectivity index (χ3n) is 6.48. The van der Waals surface area contributed by atoms with Crippen molar-refractivity contribution in [2.24, 2.45) is 5.41 Å². The van der Waals surface area contributed by atoms with Gasteiger partial charge in [0.25, 0.3) is 0 Å². The number of aliphatic hydroxyl groups excluding tert-OH is 1. The molecule has 1 aromatic rings. The van der Waals surface area contributed by atoms with E-state index >= 15 is 0 Å². The number of hydrogen-bond donors (Lipinski definition) is 1. The Kier molecular flexibility index (Phi) is 4.63. The molecular weight excluding hydrogens is 338 g/mol. The fourth-order valence-corrected chi connectivity index (χ4v) is 5.02. The summed E-state index contributed by atoms with van der Waals surface area (Å²) in [6.45, 7) is 1.94. The monoisotopic (exact) mass is 364 g/mol. The Morgan fingerprint density at radius 3 is 2.58 bits per heavy atom. The molecule has 1 N–H and O–H groups in total. The lowest BCUT2D eigenvalue weighted by Crippen LogP contribution is -2.50. The average Bonchev–Trinajstić information content (AvgIpc) is 2.92. The van der Waals surface area contributed by atoms with Crippen LogP contribution >= 0.6 is 0 Å². The third kappa shape index (κ3) is 3.08. The van der Waals surface area contributed by atoms with Crippen molar-refractivity contribution in [3.8, 4) is 0 Å². The number of benzene rings is 1. The Hall–Kier alpha value is -1.69. The predicted molar refractivity (Wildman–Crippen MR) is 94.8 cm³/mol. The molecular formula is C20H26F2N2O2. The summed E-state index contributed by atoms with van der Waals surface area (Å²) in [5, 5.41) is 9.71. The summed E-state index contributed by atoms with van der Waals surface area (Å²) in [5.41, 5.74) is -0.0627. The molecule has 142 valence electrons. The maximum atomic E-state index is 14.2. The second-order valence-electron chi connectivity index (χ2n) is 8.11. The first kappa shape index (κ1) is 17.7. The van der Waals surface area contributed by atoms with Gasteiger partial charge < -0.3 is 14.9 Å². The molecule has 2 heterocycles. The van der Waals surface area contributed by atoms with Gasteiger partial charge in [-0.2, -0.15) is 0 Å². The molecule has 3 aliphatic rings. The number of hydrogen-bond acceptors (Lipinski definition) is 3. The van der Waals surface area contributed by atoms with Crippen LogP contribution in [-0.4, -0.2) is 47.7 Å². The fraction of sp³-hybridized carbons (Fsp3) is 0.650. The summed E-state index contributed by atoms with van der Waals surface area (Å²) in [6.07, 6.45) is 5.46. The lowest BCUT2D eigenvalue weighted by molar-refractivity contribution is -0.139. The molecule has 1 saturated carbocycles. The number of aliphatic hydroxyl groups is 1. The molecule has 1 atom stereocenters. The quantitative estimate of drug-likeness (QED) is 0.877. The number of carbonyl (C=O) groups excluding carboxylic acids is 1. The maximum absolute atomic E-state index is 14.2. The highest BCUT2D eigenvalue weighted by atomic mass is 19.1. The van der Waals surface area contributed by atoms with Crippen molar-refractivity contribution >= 4 is 11.6 Å². The normalized spacial score (nSPS) is 32.5. The van der Waals surface area contributed by atoms with Gasteiger partial charge in [-0.3, -0.25) is 4.79 Å². The SMILES string of the molecule is O=C1N([C@H]2CC[C@H](O)CC2)CC[C@]12CCCN(c1ccc(F)cc1F)C2. The van der Waals surface area contributed by atoms with Gasteiger partial charge in [-0.25, -0.2) is 8.78 Å². The minimum absolute atomic E-state index is 0.186. The van der Waals surface area contributed by atoms with Gasteiger partial charge in [0.05, 0.1) is 17.2 Å². The van der Waals surface area contributed by atoms with E-state index in [0.717, 1.165) is 57.6 Å². The van der Waals surface area contributed by atoms with Crippen LogP contribution in [0.25, 0.3) is 0 Å². The minimum Gasteiger partial charge on any atom is -0.393 e. The number of rotatable bonds is 2. The molecule has 4 nitrogen and oxygen atoms in total. The maximum Gasteiger partial charge on any atom is 0.230 e. The van der Waals surface area contributed by atoms with Crippen molar-refractivity contribution < 1.29 is 18.7 Å². The third-order valence-corrected chi connectivity index (χ3v) is 6.48. The molecule has 1 aromatic carbocycles. The van der Waals surface area contributed by atoms with Gasteiger partial charge in [-0.05, 0) is 57.1 Å². The number of likely N-dealkylation sites (tertiary alicyclic amines) is 1. The van der Waals surface area contributed by atoms with Gasteiger partial charge in [0.1, 0.15) is 11.6 Å². The molecule has 0 unspecified atom stereocenters. The van der Waals surface area contributed by atoms with Crippen LogP contribution in [0.1, 0.15) is 44.9 Å². The minimum atomic E-state index is -0.583. The standard InChI is InChI=1S/C20H26F2N2O2/c21-14-2-7-18(17(22)12-14)23-10-1-8-20(13-23)9-11-24(19(20)26)15-3-5-16(25)6-4-15/h2,7,12,15-16,25H,1,3-6,8-11,13H2/t15-,16-,20-/m0/s1. The molecule has 0 aromatic heterocycles. The fourth-order valence-electron chi connectivity index (χ4n) is 5.02. The van der Waals surface area contributed by atoms with E-state index in [2.05, 4.69) is 0 Å². The van der Waals surface area contributed by atoms with Gasteiger partial charge in [0.2, 0.25) is 5.91 Å². The van der Waals surface area contributed by atoms with E-state index in [-0.39, 0.29) is 18.1 Å². The molecule has 4 rings (SSSR count). The Balaban J connectivity index is 1.50. The van der Waals surface area contributed by atoms with E-state index in [9.17, 15) is 18.7 Å². The number of nitrogens with zero attached hydrogens (tertiary/aromatic N) is 2. The predicted octanol–water partition coefficient (Wildman–Crippen LogP) is 3.09. The van der Waals surface area contributed by atoms with Gasteiger partial charge in [0, 0.05) is 31.7 Å². The zero-order valence-electron chi connectivity index (χ0n) is 15.0. The number of piperidine rings is 1. The molecule has 3 fully saturated rings. The Morgan fingerprint density at radius 2 is 1.85 bits per heavy atom. The number of carbonyl (C=O) groups is 1. The highest BCUT2D eigenvalue weighted by Gasteiger charge is 2.50. The molecule has 2 saturated heterocycles. The largest absolute Gasteiger partial charge is 0.393 e. The first-order chi connectivity index (χ1) is 12.5. The van der Waals surface area contributed by atoms with Gasteiger partial charge in [-0.1, -0.05) is 0 Å². The molecule has 1 amide bonds. The van der Waals surface area contributed by atoms with E-state index in [1.54, 1.807) is 0 Å². The van der Waals surface area contributed by atoms with Crippen LogP contribution in [0.2, 0.25) is 0 Å². The van der Waals surface area contributed by atoms with E-state index in [1.807, 2.05) is 9.80 Å². The zero-order valence-corrected chi connectivity index (χ0v) is 15.0. The van der Waals surface area contributed by atoms with Gasteiger partial charge >= 0.3 is 0 Å². The van der Waals surface area contributed by atoms with Crippen LogP contribution < -0.4 is 4.90 Å². The van der Waals surface area contributed by atoms with E-state index in [0.29, 0.717) is 18.8 Å². The van der Waals surface area contributed by atoms with Gasteiger partial charge in [0.15, 0.2) is 0 Å². The molecule has 6 heteroatoms. The van der Waals surface area contributed by atoms with Crippen molar-refractivity contribution in [1.82, 2.24) is 4.90 Å². The van der Waals surface area contributed by atoms with Crippen molar-refractivity contribution in [2.75, 3.05) is 24.5 Å². The molecule has 1 spiro atoms. The van der Waals surface area contributed by atoms with E-state index in [4.69, 9.17) is 0 Å². The van der Waals surface area contributed by atoms with Crippen molar-refractivity contribution in [2.45, 2.75) is 57.1 Å². The molecule has 1 aliphatic carbocycles. The number of amides is 1. The highest BCUT2D eigenvalue weighted by molar-refractivity contribution is 5.86. The lowest BCUT2D eigenvalue weighted by Gasteiger charge is -2.41. The summed E-state index contributed by atoms with van der Waals surface area (Å²) in [6, 6.07) is 3.88. The molecule has 0 bridgehead atoms. The summed E-state index contributed by atoms with van der Waals surface area (Å²) >= 11 is 0. The van der Waals surface area contributed by atoms with Crippen LogP contribution in [0.15, 0.2) is 18.2 Å². The lowest BCUT2D eigenvalue weighted by atomic mass is 9.78. The first-order valence-electron chi connectivity index (χ1n) is 9.68. The van der Waals surface area contributed by atoms with Crippen LogP contribution in [0.5, 0.6) is 0 Å². The second kappa shape index (κ2) is 6.80. The molecule has 0 radical (unpaired) electrons. The molecule has 26 heavy (non-hydrogen) atoms. The second-order valence-corrected chi connectivity index (χ2v) is 8.11. The van der Waals surface area contributed by atoms with E-state index in [1.165, 1.54) is 12.1 Å². The van der Waals surface area contributed by atoms with Crippen molar-refractivity contribution in [3.05, 3.63) is 29.8 Å². The Labute approximate surface area is 152 Å². The zero-order chi connectivity index (χ0) is 18.3. The highest BCUT2D eigenvalue weighted by Crippen LogP contribution is 2.43. The molecule has 2 aliphatic heterocycles. The summed E-state index contributed by atoms with van der Waals surface area (Å²) in [7, 11) is 0. The van der Waals surface area contributed by atoms with Crippen molar-refractivity contribution in [3.63, 3.8) is 0 Å². The Bertz CT molecular complexity index is 690. The van der Waals surface area contributed by atoms with Crippen LogP contribution in [0, 0.1) is 17.0 Å². The summed E-state index contributed by atoms with van der Waals surface area (Å²) in [5.74, 6) is -0.961. The average molecular weight is 364 g/mol. The van der Waals surface area contributed by atoms with E-state index < -0.39 is 17.0 Å². The van der Waals surface area contributed by atoms with Crippen LogP contribution in [0.4, 0.5) is 14.5 Å². The van der Waals surface area contributed by atoms with Gasteiger partial charge in [-0.15, -0.1) is 0 Å². The van der Waals surface area contributed by atoms with Crippen LogP contribution in [-0.2, 0) is 4.79 Å². The summed E-state index contributed by atoms with van der Waals surface area (Å²) < 4.78 is 27.4. The number of anilines is 1. The first-order valence-corrected chi connectivity index (χ1v) is 9.68. The smallest absolute Gasteiger partial charge is 0.230 e. The Morgan fingerprint density at radius 1 is 1.08 bits per heavy atom. The number of halogens is 2.